The van der Waals surface area contributed by atoms with E-state index in [1.165, 1.54) is 36.6 Å². The number of quaternary nitrogens is 2. The van der Waals surface area contributed by atoms with Crippen LogP contribution in [0.1, 0.15) is 16.5 Å². The highest BCUT2D eigenvalue weighted by atomic mass is 32.1. The molecule has 1 aromatic carbocycles. The average Bonchev–Trinajstić information content (AvgIpc) is 3.23. The Morgan fingerprint density at radius 3 is 2.52 bits per heavy atom. The van der Waals surface area contributed by atoms with E-state index in [-0.39, 0.29) is 0 Å². The zero-order valence-corrected chi connectivity index (χ0v) is 17.7. The van der Waals surface area contributed by atoms with Gasteiger partial charge in [0.15, 0.2) is 5.11 Å². The normalized spacial score (nSPS) is 20.7. The van der Waals surface area contributed by atoms with Crippen LogP contribution in [0.5, 0.6) is 5.75 Å². The molecule has 27 heavy (non-hydrogen) atoms. The van der Waals surface area contributed by atoms with Crippen LogP contribution in [0.3, 0.4) is 0 Å². The van der Waals surface area contributed by atoms with Crippen molar-refractivity contribution >= 4 is 28.7 Å². The molecule has 2 heterocycles. The molecule has 7 heteroatoms. The van der Waals surface area contributed by atoms with Crippen molar-refractivity contribution < 1.29 is 14.5 Å². The van der Waals surface area contributed by atoms with Gasteiger partial charge in [0, 0.05) is 6.54 Å². The molecular formula is C20H30N4OS2+2. The standard InChI is InChI=1S/C20H28N4OS2/c1-23-9-11-24(12-10-23)18(19-4-3-13-27-19)15-22-20(26)21-14-16-5-7-17(25-2)8-6-16/h3-8,13,18H,9-12,14-15H2,1-2H3,(H2,21,22,26)/p+2/t18-/m1/s1. The summed E-state index contributed by atoms with van der Waals surface area (Å²) in [5.74, 6) is 0.871. The molecule has 1 saturated heterocycles. The molecule has 2 aromatic rings. The van der Waals surface area contributed by atoms with Gasteiger partial charge in [0.25, 0.3) is 0 Å². The number of ether oxygens (including phenoxy) is 1. The molecule has 5 nitrogen and oxygen atoms in total. The Hall–Kier alpha value is -1.67. The third kappa shape index (κ3) is 5.90. The summed E-state index contributed by atoms with van der Waals surface area (Å²) in [5.41, 5.74) is 1.18. The molecule has 1 fully saturated rings. The number of likely N-dealkylation sites (N-methyl/N-ethyl adjacent to an activating group) is 1. The number of thiocarbonyl (C=S) groups is 1. The van der Waals surface area contributed by atoms with E-state index >= 15 is 0 Å². The first kappa shape index (κ1) is 20.1. The highest BCUT2D eigenvalue weighted by molar-refractivity contribution is 7.80. The van der Waals surface area contributed by atoms with Crippen molar-refractivity contribution in [1.82, 2.24) is 10.6 Å². The van der Waals surface area contributed by atoms with E-state index in [9.17, 15) is 0 Å². The van der Waals surface area contributed by atoms with Crippen LogP contribution in [0.2, 0.25) is 0 Å². The van der Waals surface area contributed by atoms with Crippen molar-refractivity contribution in [3.63, 3.8) is 0 Å². The molecule has 0 unspecified atom stereocenters. The lowest BCUT2D eigenvalue weighted by molar-refractivity contribution is -1.02. The Balaban J connectivity index is 1.51. The first-order valence-corrected chi connectivity index (χ1v) is 10.8. The topological polar surface area (TPSA) is 42.2 Å². The molecule has 146 valence electrons. The highest BCUT2D eigenvalue weighted by Gasteiger charge is 2.29. The average molecular weight is 407 g/mol. The van der Waals surface area contributed by atoms with Gasteiger partial charge in [-0.05, 0) is 41.4 Å². The summed E-state index contributed by atoms with van der Waals surface area (Å²) in [6.07, 6.45) is 0. The molecule has 3 rings (SSSR count). The molecule has 1 aromatic heterocycles. The summed E-state index contributed by atoms with van der Waals surface area (Å²) in [6.45, 7) is 6.46. The summed E-state index contributed by atoms with van der Waals surface area (Å²) in [6, 6.07) is 12.9. The van der Waals surface area contributed by atoms with Gasteiger partial charge in [-0.15, -0.1) is 11.3 Å². The van der Waals surface area contributed by atoms with Gasteiger partial charge in [-0.2, -0.15) is 0 Å². The SMILES string of the molecule is COc1ccc(CNC(=S)NC[C@H](c2cccs2)[NH+]2CC[NH+](C)CC2)cc1. The van der Waals surface area contributed by atoms with Crippen LogP contribution in [0, 0.1) is 0 Å². The maximum atomic E-state index is 5.51. The van der Waals surface area contributed by atoms with Crippen LogP contribution >= 0.6 is 23.6 Å². The Morgan fingerprint density at radius 1 is 1.15 bits per heavy atom. The fourth-order valence-electron chi connectivity index (χ4n) is 3.46. The minimum atomic E-state index is 0.457. The van der Waals surface area contributed by atoms with Crippen molar-refractivity contribution in [1.29, 1.82) is 0 Å². The van der Waals surface area contributed by atoms with Crippen LogP contribution in [-0.2, 0) is 6.54 Å². The predicted octanol–water partition coefficient (Wildman–Crippen LogP) is -0.125. The predicted molar refractivity (Wildman–Crippen MR) is 115 cm³/mol. The van der Waals surface area contributed by atoms with Crippen molar-refractivity contribution in [3.8, 4) is 5.75 Å². The minimum absolute atomic E-state index is 0.457. The Labute approximate surface area is 171 Å². The summed E-state index contributed by atoms with van der Waals surface area (Å²) in [4.78, 5) is 4.73. The number of nitrogens with one attached hydrogen (secondary N) is 4. The van der Waals surface area contributed by atoms with Crippen LogP contribution in [0.25, 0.3) is 0 Å². The fourth-order valence-corrected chi connectivity index (χ4v) is 4.51. The molecular weight excluding hydrogens is 376 g/mol. The number of methoxy groups -OCH3 is 1. The van der Waals surface area contributed by atoms with Crippen molar-refractivity contribution in [3.05, 3.63) is 52.2 Å². The van der Waals surface area contributed by atoms with Gasteiger partial charge in [0.05, 0.1) is 25.6 Å². The number of rotatable bonds is 7. The van der Waals surface area contributed by atoms with E-state index in [2.05, 4.69) is 47.3 Å². The van der Waals surface area contributed by atoms with E-state index < -0.39 is 0 Å². The van der Waals surface area contributed by atoms with Gasteiger partial charge in [-0.1, -0.05) is 18.2 Å². The second kappa shape index (κ2) is 10.0. The van der Waals surface area contributed by atoms with Gasteiger partial charge in [-0.25, -0.2) is 0 Å². The molecule has 0 amide bonds. The third-order valence-corrected chi connectivity index (χ3v) is 6.48. The molecule has 0 spiro atoms. The number of thiophene rings is 1. The largest absolute Gasteiger partial charge is 0.497 e. The number of hydrogen-bond acceptors (Lipinski definition) is 3. The molecule has 0 aliphatic carbocycles. The van der Waals surface area contributed by atoms with Gasteiger partial charge in [-0.3, -0.25) is 0 Å². The first-order chi connectivity index (χ1) is 13.2. The van der Waals surface area contributed by atoms with Crippen LogP contribution in [0.4, 0.5) is 0 Å². The summed E-state index contributed by atoms with van der Waals surface area (Å²) < 4.78 is 5.20. The molecule has 1 aliphatic rings. The Morgan fingerprint density at radius 2 is 1.89 bits per heavy atom. The smallest absolute Gasteiger partial charge is 0.166 e. The third-order valence-electron chi connectivity index (χ3n) is 5.20. The molecule has 1 atom stereocenters. The number of hydrogen-bond donors (Lipinski definition) is 4. The number of benzene rings is 1. The van der Waals surface area contributed by atoms with Crippen molar-refractivity contribution in [2.75, 3.05) is 46.9 Å². The maximum absolute atomic E-state index is 5.51. The zero-order valence-electron chi connectivity index (χ0n) is 16.1. The molecule has 1 aliphatic heterocycles. The lowest BCUT2D eigenvalue weighted by atomic mass is 10.1. The Bertz CT molecular complexity index is 697. The van der Waals surface area contributed by atoms with Crippen molar-refractivity contribution in [2.45, 2.75) is 12.6 Å². The fraction of sp³-hybridized carbons (Fsp3) is 0.450. The van der Waals surface area contributed by atoms with Crippen molar-refractivity contribution in [2.24, 2.45) is 0 Å². The van der Waals surface area contributed by atoms with E-state index in [0.717, 1.165) is 12.3 Å². The summed E-state index contributed by atoms with van der Waals surface area (Å²) >= 11 is 7.36. The van der Waals surface area contributed by atoms with Gasteiger partial charge < -0.3 is 25.2 Å². The maximum Gasteiger partial charge on any atom is 0.166 e. The molecule has 0 radical (unpaired) electrons. The summed E-state index contributed by atoms with van der Waals surface area (Å²) in [5, 5.41) is 9.65. The summed E-state index contributed by atoms with van der Waals surface area (Å²) in [7, 11) is 3.97. The van der Waals surface area contributed by atoms with Gasteiger partial charge in [0.1, 0.15) is 38.0 Å². The first-order valence-electron chi connectivity index (χ1n) is 9.49. The second-order valence-electron chi connectivity index (χ2n) is 7.10. The van der Waals surface area contributed by atoms with Gasteiger partial charge >= 0.3 is 0 Å². The lowest BCUT2D eigenvalue weighted by Crippen LogP contribution is -3.27. The quantitative estimate of drug-likeness (QED) is 0.484. The lowest BCUT2D eigenvalue weighted by Gasteiger charge is -2.33. The minimum Gasteiger partial charge on any atom is -0.497 e. The van der Waals surface area contributed by atoms with Crippen LogP contribution < -0.4 is 25.2 Å². The zero-order chi connectivity index (χ0) is 19.1. The monoisotopic (exact) mass is 406 g/mol. The van der Waals surface area contributed by atoms with E-state index in [4.69, 9.17) is 17.0 Å². The number of piperazine rings is 1. The van der Waals surface area contributed by atoms with Crippen LogP contribution in [0.15, 0.2) is 41.8 Å². The molecule has 4 N–H and O–H groups in total. The van der Waals surface area contributed by atoms with E-state index in [1.807, 2.05) is 23.5 Å². The Kier molecular flexibility index (Phi) is 7.46. The molecule has 0 bridgehead atoms. The van der Waals surface area contributed by atoms with Gasteiger partial charge in [0.2, 0.25) is 0 Å². The highest BCUT2D eigenvalue weighted by Crippen LogP contribution is 2.16. The van der Waals surface area contributed by atoms with E-state index in [0.29, 0.717) is 17.7 Å². The molecule has 0 saturated carbocycles. The van der Waals surface area contributed by atoms with Crippen LogP contribution in [-0.4, -0.2) is 52.0 Å². The second-order valence-corrected chi connectivity index (χ2v) is 8.48. The van der Waals surface area contributed by atoms with E-state index in [1.54, 1.807) is 16.9 Å².